The maximum Gasteiger partial charge on any atom is 0.163 e. The van der Waals surface area contributed by atoms with Gasteiger partial charge in [0.1, 0.15) is 11.5 Å². The molecule has 1 aromatic rings. The summed E-state index contributed by atoms with van der Waals surface area (Å²) in [5, 5.41) is 0. The summed E-state index contributed by atoms with van der Waals surface area (Å²) in [5.74, 6) is 1.63. The molecule has 17 heavy (non-hydrogen) atoms. The van der Waals surface area contributed by atoms with Crippen LogP contribution in [-0.4, -0.2) is 20.0 Å². The van der Waals surface area contributed by atoms with Crippen molar-refractivity contribution < 1.29 is 14.3 Å². The van der Waals surface area contributed by atoms with Crippen LogP contribution in [-0.2, 0) is 4.79 Å². The smallest absolute Gasteiger partial charge is 0.163 e. The lowest BCUT2D eigenvalue weighted by molar-refractivity contribution is -0.114. The lowest BCUT2D eigenvalue weighted by atomic mass is 9.92. The summed E-state index contributed by atoms with van der Waals surface area (Å²) in [6, 6.07) is 5.51. The minimum Gasteiger partial charge on any atom is -0.497 e. The van der Waals surface area contributed by atoms with E-state index in [-0.39, 0.29) is 5.78 Å². The molecule has 0 saturated heterocycles. The van der Waals surface area contributed by atoms with Crippen LogP contribution in [0.5, 0.6) is 11.5 Å². The van der Waals surface area contributed by atoms with Crippen LogP contribution in [0.3, 0.4) is 0 Å². The van der Waals surface area contributed by atoms with Crippen LogP contribution in [0.1, 0.15) is 24.8 Å². The van der Waals surface area contributed by atoms with E-state index in [1.807, 2.05) is 24.3 Å². The first-order valence-corrected chi connectivity index (χ1v) is 5.72. The van der Waals surface area contributed by atoms with E-state index in [2.05, 4.69) is 0 Å². The van der Waals surface area contributed by atoms with E-state index in [1.54, 1.807) is 14.2 Å². The number of carbonyl (C=O) groups is 1. The summed E-state index contributed by atoms with van der Waals surface area (Å²) >= 11 is 0. The largest absolute Gasteiger partial charge is 0.497 e. The second-order valence-electron chi connectivity index (χ2n) is 4.00. The number of carbonyl (C=O) groups excluding carboxylic acids is 1. The van der Waals surface area contributed by atoms with Gasteiger partial charge in [0, 0.05) is 17.6 Å². The van der Waals surface area contributed by atoms with E-state index in [1.165, 1.54) is 0 Å². The number of hydrogen-bond acceptors (Lipinski definition) is 3. The highest BCUT2D eigenvalue weighted by atomic mass is 16.5. The first-order chi connectivity index (χ1) is 8.26. The highest BCUT2D eigenvalue weighted by molar-refractivity contribution is 6.22. The van der Waals surface area contributed by atoms with Crippen molar-refractivity contribution in [2.24, 2.45) is 0 Å². The number of methoxy groups -OCH3 is 2. The van der Waals surface area contributed by atoms with Gasteiger partial charge in [-0.3, -0.25) is 4.79 Å². The zero-order valence-corrected chi connectivity index (χ0v) is 10.2. The van der Waals surface area contributed by atoms with E-state index < -0.39 is 0 Å². The average Bonchev–Trinajstić information content (AvgIpc) is 2.38. The molecule has 1 aromatic carbocycles. The molecule has 0 bridgehead atoms. The highest BCUT2D eigenvalue weighted by Crippen LogP contribution is 2.33. The molecule has 0 amide bonds. The van der Waals surface area contributed by atoms with E-state index >= 15 is 0 Å². The van der Waals surface area contributed by atoms with Gasteiger partial charge in [0.25, 0.3) is 0 Å². The molecule has 0 heterocycles. The molecule has 0 N–H and O–H groups in total. The summed E-state index contributed by atoms with van der Waals surface area (Å²) in [5.41, 5.74) is 1.59. The van der Waals surface area contributed by atoms with Gasteiger partial charge in [0.05, 0.1) is 14.2 Å². The number of allylic oxidation sites excluding steroid dienone is 2. The molecule has 1 aliphatic carbocycles. The number of ether oxygens (including phenoxy) is 2. The third kappa shape index (κ3) is 2.33. The van der Waals surface area contributed by atoms with Crippen molar-refractivity contribution in [2.75, 3.05) is 14.2 Å². The minimum absolute atomic E-state index is 0.183. The van der Waals surface area contributed by atoms with Gasteiger partial charge in [0.2, 0.25) is 0 Å². The molecule has 0 fully saturated rings. The molecule has 0 saturated carbocycles. The average molecular weight is 232 g/mol. The van der Waals surface area contributed by atoms with Gasteiger partial charge in [-0.1, -0.05) is 6.08 Å². The molecular weight excluding hydrogens is 216 g/mol. The first kappa shape index (κ1) is 11.7. The predicted octanol–water partition coefficient (Wildman–Crippen LogP) is 2.84. The fraction of sp³-hybridized carbons (Fsp3) is 0.357. The SMILES string of the molecule is COc1ccc(OC)c(C2=CCCCC2=O)c1. The Balaban J connectivity index is 2.48. The van der Waals surface area contributed by atoms with Crippen LogP contribution >= 0.6 is 0 Å². The Morgan fingerprint density at radius 1 is 1.18 bits per heavy atom. The number of benzene rings is 1. The van der Waals surface area contributed by atoms with Crippen molar-refractivity contribution in [3.8, 4) is 11.5 Å². The third-order valence-corrected chi connectivity index (χ3v) is 2.95. The Kier molecular flexibility index (Phi) is 3.47. The maximum atomic E-state index is 11.9. The Morgan fingerprint density at radius 2 is 2.00 bits per heavy atom. The van der Waals surface area contributed by atoms with Crippen LogP contribution < -0.4 is 9.47 Å². The zero-order valence-electron chi connectivity index (χ0n) is 10.2. The van der Waals surface area contributed by atoms with E-state index in [9.17, 15) is 4.79 Å². The molecule has 2 rings (SSSR count). The van der Waals surface area contributed by atoms with Crippen LogP contribution in [0.2, 0.25) is 0 Å². The maximum absolute atomic E-state index is 11.9. The molecular formula is C14H16O3. The standard InChI is InChI=1S/C14H16O3/c1-16-10-7-8-14(17-2)12(9-10)11-5-3-4-6-13(11)15/h5,7-9H,3-4,6H2,1-2H3. The van der Waals surface area contributed by atoms with Gasteiger partial charge in [-0.05, 0) is 31.0 Å². The van der Waals surface area contributed by atoms with Crippen molar-refractivity contribution in [3.63, 3.8) is 0 Å². The molecule has 0 radical (unpaired) electrons. The van der Waals surface area contributed by atoms with E-state index in [4.69, 9.17) is 9.47 Å². The van der Waals surface area contributed by atoms with Gasteiger partial charge < -0.3 is 9.47 Å². The highest BCUT2D eigenvalue weighted by Gasteiger charge is 2.19. The zero-order chi connectivity index (χ0) is 12.3. The quantitative estimate of drug-likeness (QED) is 0.803. The van der Waals surface area contributed by atoms with Gasteiger partial charge in [-0.15, -0.1) is 0 Å². The summed E-state index contributed by atoms with van der Waals surface area (Å²) in [7, 11) is 3.22. The number of Topliss-reactive ketones (excluding diaryl/α,β-unsaturated/α-hetero) is 1. The topological polar surface area (TPSA) is 35.5 Å². The van der Waals surface area contributed by atoms with Crippen molar-refractivity contribution in [2.45, 2.75) is 19.3 Å². The van der Waals surface area contributed by atoms with E-state index in [0.717, 1.165) is 29.7 Å². The van der Waals surface area contributed by atoms with Crippen LogP contribution in [0.15, 0.2) is 24.3 Å². The molecule has 0 atom stereocenters. The second-order valence-corrected chi connectivity index (χ2v) is 4.00. The van der Waals surface area contributed by atoms with Gasteiger partial charge in [-0.25, -0.2) is 0 Å². The molecule has 3 nitrogen and oxygen atoms in total. The van der Waals surface area contributed by atoms with Crippen molar-refractivity contribution in [1.29, 1.82) is 0 Å². The lowest BCUT2D eigenvalue weighted by Gasteiger charge is -2.15. The molecule has 0 spiro atoms. The first-order valence-electron chi connectivity index (χ1n) is 5.72. The molecule has 90 valence electrons. The summed E-state index contributed by atoms with van der Waals surface area (Å²) < 4.78 is 10.5. The third-order valence-electron chi connectivity index (χ3n) is 2.95. The molecule has 1 aliphatic rings. The predicted molar refractivity (Wildman–Crippen MR) is 66.4 cm³/mol. The number of rotatable bonds is 3. The monoisotopic (exact) mass is 232 g/mol. The lowest BCUT2D eigenvalue weighted by Crippen LogP contribution is -2.07. The van der Waals surface area contributed by atoms with Crippen molar-refractivity contribution >= 4 is 11.4 Å². The molecule has 3 heteroatoms. The summed E-state index contributed by atoms with van der Waals surface area (Å²) in [6.07, 6.45) is 4.49. The fourth-order valence-electron chi connectivity index (χ4n) is 2.04. The minimum atomic E-state index is 0.183. The van der Waals surface area contributed by atoms with Crippen LogP contribution in [0.4, 0.5) is 0 Å². The Hall–Kier alpha value is -1.77. The van der Waals surface area contributed by atoms with Gasteiger partial charge >= 0.3 is 0 Å². The van der Waals surface area contributed by atoms with Gasteiger partial charge in [0.15, 0.2) is 5.78 Å². The molecule has 0 aliphatic heterocycles. The Morgan fingerprint density at radius 3 is 2.65 bits per heavy atom. The van der Waals surface area contributed by atoms with Gasteiger partial charge in [-0.2, -0.15) is 0 Å². The molecule has 0 aromatic heterocycles. The van der Waals surface area contributed by atoms with Crippen molar-refractivity contribution in [3.05, 3.63) is 29.8 Å². The Labute approximate surface area is 101 Å². The summed E-state index contributed by atoms with van der Waals surface area (Å²) in [6.45, 7) is 0. The number of ketones is 1. The summed E-state index contributed by atoms with van der Waals surface area (Å²) in [4.78, 5) is 11.9. The normalized spacial score (nSPS) is 15.4. The fourth-order valence-corrected chi connectivity index (χ4v) is 2.04. The van der Waals surface area contributed by atoms with Crippen LogP contribution in [0.25, 0.3) is 5.57 Å². The van der Waals surface area contributed by atoms with E-state index in [0.29, 0.717) is 12.2 Å². The second kappa shape index (κ2) is 5.04. The van der Waals surface area contributed by atoms with Crippen LogP contribution in [0, 0.1) is 0 Å². The number of hydrogen-bond donors (Lipinski definition) is 0. The van der Waals surface area contributed by atoms with Crippen molar-refractivity contribution in [1.82, 2.24) is 0 Å². The Bertz CT molecular complexity index is 461. The molecule has 0 unspecified atom stereocenters.